The lowest BCUT2D eigenvalue weighted by molar-refractivity contribution is -0.0882. The van der Waals surface area contributed by atoms with Crippen LogP contribution in [0.5, 0.6) is 11.5 Å². The Morgan fingerprint density at radius 3 is 1.35 bits per heavy atom. The molecule has 4 unspecified atom stereocenters. The van der Waals surface area contributed by atoms with Gasteiger partial charge in [-0.2, -0.15) is 0 Å². The van der Waals surface area contributed by atoms with E-state index >= 15 is 0 Å². The van der Waals surface area contributed by atoms with Crippen molar-refractivity contribution in [3.8, 4) is 33.8 Å². The van der Waals surface area contributed by atoms with Crippen molar-refractivity contribution in [3.05, 3.63) is 161 Å². The first kappa shape index (κ1) is 40.2. The monoisotopic (exact) mass is 854 g/mol. The van der Waals surface area contributed by atoms with Gasteiger partial charge in [0.05, 0.1) is 0 Å². The molecule has 0 N–H and O–H groups in total. The molecule has 7 aliphatic rings. The van der Waals surface area contributed by atoms with E-state index in [4.69, 9.17) is 4.74 Å². The zero-order chi connectivity index (χ0) is 44.5. The van der Waals surface area contributed by atoms with Crippen LogP contribution in [0.3, 0.4) is 0 Å². The maximum Gasteiger partial charge on any atom is 0.133 e. The summed E-state index contributed by atoms with van der Waals surface area (Å²) in [5.74, 6) is 5.36. The molecule has 4 atom stereocenters. The Labute approximate surface area is 388 Å². The predicted octanol–water partition coefficient (Wildman–Crippen LogP) is 17.0. The smallest absolute Gasteiger partial charge is 0.133 e. The second-order valence-electron chi connectivity index (χ2n) is 24.8. The zero-order valence-electron chi connectivity index (χ0n) is 40.2. The van der Waals surface area contributed by atoms with Crippen molar-refractivity contribution in [3.63, 3.8) is 0 Å². The minimum Gasteiger partial charge on any atom is -0.457 e. The Hall–Kier alpha value is -5.08. The predicted molar refractivity (Wildman–Crippen MR) is 269 cm³/mol. The molecule has 0 aromatic heterocycles. The van der Waals surface area contributed by atoms with Crippen LogP contribution in [0.2, 0.25) is 0 Å². The van der Waals surface area contributed by atoms with Crippen molar-refractivity contribution >= 4 is 17.1 Å². The van der Waals surface area contributed by atoms with Crippen molar-refractivity contribution < 1.29 is 4.74 Å². The molecule has 2 nitrogen and oxygen atoms in total. The highest BCUT2D eigenvalue weighted by Crippen LogP contribution is 2.85. The van der Waals surface area contributed by atoms with E-state index in [1.165, 1.54) is 113 Å². The van der Waals surface area contributed by atoms with E-state index in [2.05, 4.69) is 188 Å². The van der Waals surface area contributed by atoms with Gasteiger partial charge in [0.15, 0.2) is 0 Å². The molecule has 4 fully saturated rings. The fourth-order valence-electron chi connectivity index (χ4n) is 16.1. The van der Waals surface area contributed by atoms with E-state index in [-0.39, 0.29) is 27.1 Å². The Morgan fingerprint density at radius 2 is 0.831 bits per heavy atom. The molecule has 2 heteroatoms. The molecule has 3 bridgehead atoms. The molecule has 6 aromatic rings. The van der Waals surface area contributed by atoms with Gasteiger partial charge in [-0.3, -0.25) is 0 Å². The van der Waals surface area contributed by atoms with E-state index in [9.17, 15) is 0 Å². The first-order chi connectivity index (χ1) is 31.1. The molecule has 4 saturated carbocycles. The summed E-state index contributed by atoms with van der Waals surface area (Å²) in [5, 5.41) is 0. The van der Waals surface area contributed by atoms with Gasteiger partial charge in [-0.25, -0.2) is 0 Å². The van der Waals surface area contributed by atoms with Gasteiger partial charge in [-0.05, 0) is 189 Å². The summed E-state index contributed by atoms with van der Waals surface area (Å²) < 4.78 is 7.08. The third-order valence-electron chi connectivity index (χ3n) is 19.5. The van der Waals surface area contributed by atoms with E-state index in [0.29, 0.717) is 17.3 Å². The molecule has 0 saturated heterocycles. The van der Waals surface area contributed by atoms with E-state index in [1.54, 1.807) is 0 Å². The van der Waals surface area contributed by atoms with E-state index in [1.807, 2.05) is 0 Å². The molecule has 65 heavy (non-hydrogen) atoms. The van der Waals surface area contributed by atoms with Crippen molar-refractivity contribution in [1.29, 1.82) is 0 Å². The molecular weight excluding hydrogens is 787 g/mol. The van der Waals surface area contributed by atoms with Crippen LogP contribution in [0.1, 0.15) is 147 Å². The normalized spacial score (nSPS) is 29.4. The number of hydrogen-bond acceptors (Lipinski definition) is 2. The molecule has 6 aliphatic carbocycles. The molecule has 0 radical (unpaired) electrons. The lowest BCUT2D eigenvalue weighted by atomic mass is 9.37. The lowest BCUT2D eigenvalue weighted by Gasteiger charge is -2.66. The molecule has 13 rings (SSSR count). The summed E-state index contributed by atoms with van der Waals surface area (Å²) in [4.78, 5) is 2.47. The van der Waals surface area contributed by atoms with Gasteiger partial charge >= 0.3 is 0 Å². The van der Waals surface area contributed by atoms with Crippen molar-refractivity contribution in [2.45, 2.75) is 140 Å². The minimum absolute atomic E-state index is 0.0536. The maximum absolute atomic E-state index is 7.08. The van der Waals surface area contributed by atoms with E-state index in [0.717, 1.165) is 40.4 Å². The Kier molecular flexibility index (Phi) is 8.23. The standard InChI is InChI=1S/C63H67NO/c1-58(2)27-29-60(5,6)52-34-43(17-24-48(52)58)41-13-19-45(20-14-41)64(46-21-15-42(16-22-46)44-18-25-49-53(35-44)61(7,8)30-28-59(49,3)4)47-23-26-51-55(36-47)65-54-12-10-9-11-50(54)63(51)56-32-39-31-40-33-57(63)62(56,37-39)38-40/h9-26,34-36,39-40,56-57H,27-33,37-38H2,1-8H3. The molecule has 0 amide bonds. The molecule has 1 heterocycles. The third kappa shape index (κ3) is 5.58. The quantitative estimate of drug-likeness (QED) is 0.171. The lowest BCUT2D eigenvalue weighted by Crippen LogP contribution is -2.64. The second-order valence-corrected chi connectivity index (χ2v) is 24.8. The zero-order valence-corrected chi connectivity index (χ0v) is 40.2. The molecule has 2 spiro atoms. The number of para-hydroxylation sites is 1. The minimum atomic E-state index is 0.0536. The Bertz CT molecular complexity index is 2780. The van der Waals surface area contributed by atoms with Gasteiger partial charge < -0.3 is 9.64 Å². The van der Waals surface area contributed by atoms with Crippen LogP contribution >= 0.6 is 0 Å². The number of fused-ring (bicyclic) bond motifs is 10. The topological polar surface area (TPSA) is 12.5 Å². The third-order valence-corrected chi connectivity index (χ3v) is 19.5. The van der Waals surface area contributed by atoms with Crippen molar-refractivity contribution in [2.24, 2.45) is 29.1 Å². The highest BCUT2D eigenvalue weighted by atomic mass is 16.5. The SMILES string of the molecule is CC1(C)CCC(C)(C)c2cc(-c3ccc(N(c4ccc(-c5ccc6c(c5)C(C)(C)CCC6(C)C)cc4)c4ccc5c(c4)Oc4ccccc4C54C5CC6CC7CC4C5(C6)C7)cc3)ccc21. The van der Waals surface area contributed by atoms with Crippen LogP contribution in [0, 0.1) is 29.1 Å². The summed E-state index contributed by atoms with van der Waals surface area (Å²) in [6.45, 7) is 19.4. The largest absolute Gasteiger partial charge is 0.457 e. The number of anilines is 3. The van der Waals surface area contributed by atoms with Crippen molar-refractivity contribution in [1.82, 2.24) is 0 Å². The first-order valence-electron chi connectivity index (χ1n) is 25.3. The number of hydrogen-bond donors (Lipinski definition) is 0. The molecule has 6 aromatic carbocycles. The Morgan fingerprint density at radius 1 is 0.400 bits per heavy atom. The number of nitrogens with zero attached hydrogens (tertiary/aromatic N) is 1. The second kappa shape index (κ2) is 13.3. The summed E-state index contributed by atoms with van der Waals surface area (Å²) in [5.41, 5.74) is 18.8. The van der Waals surface area contributed by atoms with Gasteiger partial charge in [0.25, 0.3) is 0 Å². The van der Waals surface area contributed by atoms with Gasteiger partial charge in [0.1, 0.15) is 11.5 Å². The number of benzene rings is 6. The van der Waals surface area contributed by atoms with Gasteiger partial charge in [0.2, 0.25) is 0 Å². The van der Waals surface area contributed by atoms with Crippen molar-refractivity contribution in [2.75, 3.05) is 4.90 Å². The van der Waals surface area contributed by atoms with Crippen LogP contribution < -0.4 is 9.64 Å². The summed E-state index contributed by atoms with van der Waals surface area (Å²) in [7, 11) is 0. The van der Waals surface area contributed by atoms with Crippen LogP contribution in [-0.2, 0) is 27.1 Å². The highest BCUT2D eigenvalue weighted by molar-refractivity contribution is 5.82. The maximum atomic E-state index is 7.08. The van der Waals surface area contributed by atoms with Gasteiger partial charge in [0, 0.05) is 39.7 Å². The molecule has 1 aliphatic heterocycles. The summed E-state index contributed by atoms with van der Waals surface area (Å²) in [6, 6.07) is 49.7. The summed E-state index contributed by atoms with van der Waals surface area (Å²) >= 11 is 0. The Balaban J connectivity index is 0.915. The molecular formula is C63H67NO. The molecule has 330 valence electrons. The number of rotatable bonds is 5. The van der Waals surface area contributed by atoms with Crippen LogP contribution in [0.25, 0.3) is 22.3 Å². The van der Waals surface area contributed by atoms with Crippen LogP contribution in [0.15, 0.2) is 127 Å². The highest BCUT2D eigenvalue weighted by Gasteiger charge is 2.79. The average molecular weight is 854 g/mol. The first-order valence-corrected chi connectivity index (χ1v) is 25.3. The number of ether oxygens (including phenoxy) is 1. The fraction of sp³-hybridized carbons (Fsp3) is 0.429. The fourth-order valence-corrected chi connectivity index (χ4v) is 16.1. The summed E-state index contributed by atoms with van der Waals surface area (Å²) in [6.07, 6.45) is 12.0. The van der Waals surface area contributed by atoms with Gasteiger partial charge in [-0.1, -0.05) is 140 Å². The van der Waals surface area contributed by atoms with Gasteiger partial charge in [-0.15, -0.1) is 0 Å². The van der Waals surface area contributed by atoms with Crippen LogP contribution in [-0.4, -0.2) is 0 Å². The average Bonchev–Trinajstić information content (AvgIpc) is 3.69. The van der Waals surface area contributed by atoms with E-state index < -0.39 is 0 Å². The van der Waals surface area contributed by atoms with Crippen LogP contribution in [0.4, 0.5) is 17.1 Å².